The molecule has 7 heteroatoms. The Morgan fingerprint density at radius 3 is 2.32 bits per heavy atom. The average Bonchev–Trinajstić information content (AvgIpc) is 2.60. The third-order valence-corrected chi connectivity index (χ3v) is 3.48. The predicted octanol–water partition coefficient (Wildman–Crippen LogP) is 2.56. The second-order valence-corrected chi connectivity index (χ2v) is 5.36. The number of non-ortho nitro benzene ring substituents is 1. The van der Waals surface area contributed by atoms with E-state index in [-0.39, 0.29) is 5.69 Å². The second-order valence-electron chi connectivity index (χ2n) is 5.36. The van der Waals surface area contributed by atoms with Crippen molar-refractivity contribution in [3.8, 4) is 0 Å². The Morgan fingerprint density at radius 1 is 1.12 bits per heavy atom. The summed E-state index contributed by atoms with van der Waals surface area (Å²) in [4.78, 5) is 33.7. The molecule has 25 heavy (non-hydrogen) atoms. The molecule has 0 saturated heterocycles. The molecule has 0 spiro atoms. The van der Waals surface area contributed by atoms with E-state index >= 15 is 0 Å². The molecule has 0 heterocycles. The summed E-state index contributed by atoms with van der Waals surface area (Å²) in [5, 5.41) is 13.3. The largest absolute Gasteiger partial charge is 0.447 e. The first kappa shape index (κ1) is 18.1. The van der Waals surface area contributed by atoms with Crippen LogP contribution in [0.3, 0.4) is 0 Å². The molecule has 0 saturated carbocycles. The maximum atomic E-state index is 12.3. The summed E-state index contributed by atoms with van der Waals surface area (Å²) >= 11 is 0. The molecule has 0 aliphatic carbocycles. The summed E-state index contributed by atoms with van der Waals surface area (Å²) < 4.78 is 5.12. The summed E-state index contributed by atoms with van der Waals surface area (Å²) in [6, 6.07) is 14.9. The van der Waals surface area contributed by atoms with E-state index < -0.39 is 22.9 Å². The highest BCUT2D eigenvalue weighted by molar-refractivity contribution is 5.84. The van der Waals surface area contributed by atoms with Crippen molar-refractivity contribution in [2.75, 3.05) is 6.54 Å². The van der Waals surface area contributed by atoms with E-state index in [1.807, 2.05) is 0 Å². The van der Waals surface area contributed by atoms with Crippen molar-refractivity contribution in [1.82, 2.24) is 5.32 Å². The van der Waals surface area contributed by atoms with Crippen molar-refractivity contribution >= 4 is 17.6 Å². The number of rotatable bonds is 7. The maximum absolute atomic E-state index is 12.3. The number of carbonyl (C=O) groups is 2. The van der Waals surface area contributed by atoms with Crippen molar-refractivity contribution in [3.05, 3.63) is 75.8 Å². The number of esters is 1. The molecule has 1 N–H and O–H groups in total. The Morgan fingerprint density at radius 2 is 1.76 bits per heavy atom. The van der Waals surface area contributed by atoms with Gasteiger partial charge in [0.1, 0.15) is 0 Å². The molecular formula is C18H18N2O5. The lowest BCUT2D eigenvalue weighted by Crippen LogP contribution is -2.33. The summed E-state index contributed by atoms with van der Waals surface area (Å²) in [5.41, 5.74) is 1.46. The van der Waals surface area contributed by atoms with Crippen molar-refractivity contribution in [2.24, 2.45) is 0 Å². The summed E-state index contributed by atoms with van der Waals surface area (Å²) in [6.45, 7) is 1.57. The van der Waals surface area contributed by atoms with Crippen molar-refractivity contribution < 1.29 is 19.2 Å². The van der Waals surface area contributed by atoms with E-state index in [0.717, 1.165) is 5.56 Å². The van der Waals surface area contributed by atoms with E-state index in [1.165, 1.54) is 19.1 Å². The monoisotopic (exact) mass is 342 g/mol. The van der Waals surface area contributed by atoms with E-state index in [4.69, 9.17) is 4.74 Å². The van der Waals surface area contributed by atoms with Gasteiger partial charge in [-0.3, -0.25) is 19.7 Å². The molecule has 0 aromatic heterocycles. The number of nitrogens with one attached hydrogen (secondary N) is 1. The standard InChI is InChI=1S/C18H18N2O5/c1-13(21)25-17(15-5-3-2-4-6-15)18(22)19-12-11-14-7-9-16(10-8-14)20(23)24/h2-10,17H,11-12H2,1H3,(H,19,22). The van der Waals surface area contributed by atoms with E-state index in [0.29, 0.717) is 18.5 Å². The summed E-state index contributed by atoms with van der Waals surface area (Å²) in [7, 11) is 0. The first-order chi connectivity index (χ1) is 12.0. The Balaban J connectivity index is 1.94. The molecule has 7 nitrogen and oxygen atoms in total. The number of benzene rings is 2. The molecule has 0 radical (unpaired) electrons. The molecule has 0 bridgehead atoms. The van der Waals surface area contributed by atoms with Crippen LogP contribution in [-0.2, 0) is 20.7 Å². The van der Waals surface area contributed by atoms with Crippen LogP contribution in [-0.4, -0.2) is 23.3 Å². The molecule has 2 aromatic carbocycles. The first-order valence-corrected chi connectivity index (χ1v) is 7.70. The van der Waals surface area contributed by atoms with Crippen LogP contribution in [0.15, 0.2) is 54.6 Å². The van der Waals surface area contributed by atoms with Gasteiger partial charge in [0.25, 0.3) is 11.6 Å². The number of hydrogen-bond donors (Lipinski definition) is 1. The topological polar surface area (TPSA) is 98.5 Å². The smallest absolute Gasteiger partial charge is 0.303 e. The van der Waals surface area contributed by atoms with Gasteiger partial charge in [-0.1, -0.05) is 42.5 Å². The van der Waals surface area contributed by atoms with E-state index in [9.17, 15) is 19.7 Å². The molecular weight excluding hydrogens is 324 g/mol. The number of carbonyl (C=O) groups excluding carboxylic acids is 2. The third kappa shape index (κ3) is 5.42. The van der Waals surface area contributed by atoms with Crippen LogP contribution in [0.5, 0.6) is 0 Å². The second kappa shape index (κ2) is 8.58. The number of amides is 1. The highest BCUT2D eigenvalue weighted by Gasteiger charge is 2.23. The normalized spacial score (nSPS) is 11.4. The number of nitrogens with zero attached hydrogens (tertiary/aromatic N) is 1. The van der Waals surface area contributed by atoms with E-state index in [2.05, 4.69) is 5.32 Å². The van der Waals surface area contributed by atoms with Gasteiger partial charge in [-0.2, -0.15) is 0 Å². The number of ether oxygens (including phenoxy) is 1. The molecule has 1 unspecified atom stereocenters. The van der Waals surface area contributed by atoms with Crippen molar-refractivity contribution in [1.29, 1.82) is 0 Å². The zero-order chi connectivity index (χ0) is 18.2. The SMILES string of the molecule is CC(=O)OC(C(=O)NCCc1ccc([N+](=O)[O-])cc1)c1ccccc1. The van der Waals surface area contributed by atoms with Gasteiger partial charge in [0, 0.05) is 31.2 Å². The molecule has 0 aliphatic rings. The highest BCUT2D eigenvalue weighted by atomic mass is 16.6. The van der Waals surface area contributed by atoms with Gasteiger partial charge >= 0.3 is 5.97 Å². The fourth-order valence-electron chi connectivity index (χ4n) is 2.27. The zero-order valence-electron chi connectivity index (χ0n) is 13.7. The van der Waals surface area contributed by atoms with Gasteiger partial charge in [-0.15, -0.1) is 0 Å². The highest BCUT2D eigenvalue weighted by Crippen LogP contribution is 2.18. The van der Waals surface area contributed by atoms with Crippen LogP contribution >= 0.6 is 0 Å². The lowest BCUT2D eigenvalue weighted by atomic mass is 10.1. The molecule has 2 aromatic rings. The van der Waals surface area contributed by atoms with Gasteiger partial charge in [0.15, 0.2) is 0 Å². The molecule has 130 valence electrons. The third-order valence-electron chi connectivity index (χ3n) is 3.48. The lowest BCUT2D eigenvalue weighted by Gasteiger charge is -2.17. The van der Waals surface area contributed by atoms with E-state index in [1.54, 1.807) is 42.5 Å². The number of nitro groups is 1. The molecule has 0 fully saturated rings. The maximum Gasteiger partial charge on any atom is 0.303 e. The minimum atomic E-state index is -1.00. The van der Waals surface area contributed by atoms with Crippen LogP contribution in [0.2, 0.25) is 0 Å². The molecule has 2 rings (SSSR count). The van der Waals surface area contributed by atoms with Gasteiger partial charge in [-0.05, 0) is 12.0 Å². The van der Waals surface area contributed by atoms with Crippen LogP contribution < -0.4 is 5.32 Å². The number of hydrogen-bond acceptors (Lipinski definition) is 5. The number of nitro benzene ring substituents is 1. The molecule has 1 atom stereocenters. The lowest BCUT2D eigenvalue weighted by molar-refractivity contribution is -0.384. The van der Waals surface area contributed by atoms with Gasteiger partial charge < -0.3 is 10.1 Å². The van der Waals surface area contributed by atoms with Gasteiger partial charge in [0.05, 0.1) is 4.92 Å². The Kier molecular flexibility index (Phi) is 6.22. The Hall–Kier alpha value is -3.22. The molecule has 0 aliphatic heterocycles. The van der Waals surface area contributed by atoms with Gasteiger partial charge in [0.2, 0.25) is 6.10 Å². The fraction of sp³-hybridized carbons (Fsp3) is 0.222. The van der Waals surface area contributed by atoms with Gasteiger partial charge in [-0.25, -0.2) is 0 Å². The fourth-order valence-corrected chi connectivity index (χ4v) is 2.27. The quantitative estimate of drug-likeness (QED) is 0.474. The Bertz CT molecular complexity index is 744. The van der Waals surface area contributed by atoms with Crippen LogP contribution in [0.25, 0.3) is 0 Å². The zero-order valence-corrected chi connectivity index (χ0v) is 13.7. The average molecular weight is 342 g/mol. The van der Waals surface area contributed by atoms with Crippen LogP contribution in [0.4, 0.5) is 5.69 Å². The van der Waals surface area contributed by atoms with Crippen molar-refractivity contribution in [2.45, 2.75) is 19.4 Å². The molecule has 1 amide bonds. The van der Waals surface area contributed by atoms with Crippen LogP contribution in [0, 0.1) is 10.1 Å². The minimum absolute atomic E-state index is 0.0202. The summed E-state index contributed by atoms with van der Waals surface area (Å²) in [6.07, 6.45) is -0.499. The Labute approximate surface area is 144 Å². The van der Waals surface area contributed by atoms with Crippen molar-refractivity contribution in [3.63, 3.8) is 0 Å². The van der Waals surface area contributed by atoms with Crippen LogP contribution in [0.1, 0.15) is 24.2 Å². The predicted molar refractivity (Wildman–Crippen MR) is 90.8 cm³/mol. The minimum Gasteiger partial charge on any atom is -0.447 e. The summed E-state index contributed by atoms with van der Waals surface area (Å²) in [5.74, 6) is -0.956. The first-order valence-electron chi connectivity index (χ1n) is 7.70.